The maximum absolute atomic E-state index is 11.3. The van der Waals surface area contributed by atoms with Crippen molar-refractivity contribution in [3.8, 4) is 0 Å². The van der Waals surface area contributed by atoms with Gasteiger partial charge in [0, 0.05) is 6.04 Å². The van der Waals surface area contributed by atoms with Gasteiger partial charge >= 0.3 is 0 Å². The van der Waals surface area contributed by atoms with Gasteiger partial charge in [-0.05, 0) is 0 Å². The van der Waals surface area contributed by atoms with Crippen molar-refractivity contribution in [3.63, 3.8) is 0 Å². The summed E-state index contributed by atoms with van der Waals surface area (Å²) in [6.45, 7) is 3.47. The fourth-order valence-corrected chi connectivity index (χ4v) is 0.325. The Hall–Kier alpha value is 0.110. The van der Waals surface area contributed by atoms with Gasteiger partial charge in [-0.3, -0.25) is 0 Å². The molecule has 0 aromatic heterocycles. The van der Waals surface area contributed by atoms with E-state index in [9.17, 15) is 8.78 Å². The predicted octanol–water partition coefficient (Wildman–Crippen LogP) is 1.67. The van der Waals surface area contributed by atoms with Crippen LogP contribution in [-0.4, -0.2) is 19.0 Å². The van der Waals surface area contributed by atoms with Crippen LogP contribution in [0.15, 0.2) is 0 Å². The molecule has 0 saturated carbocycles. The molecular formula is C5H12ClF2N. The summed E-state index contributed by atoms with van der Waals surface area (Å²) in [5, 5.41) is 2.59. The molecule has 0 amide bonds. The van der Waals surface area contributed by atoms with Crippen molar-refractivity contribution in [1.29, 1.82) is 0 Å². The lowest BCUT2D eigenvalue weighted by atomic mass is 10.4. The lowest BCUT2D eigenvalue weighted by molar-refractivity contribution is 0.143. The first-order chi connectivity index (χ1) is 3.63. The van der Waals surface area contributed by atoms with E-state index in [-0.39, 0.29) is 25.0 Å². The second kappa shape index (κ2) is 6.23. The first-order valence-corrected chi connectivity index (χ1v) is 2.64. The van der Waals surface area contributed by atoms with Gasteiger partial charge in [0.15, 0.2) is 0 Å². The summed E-state index contributed by atoms with van der Waals surface area (Å²) in [5.74, 6) is 0. The molecule has 58 valence electrons. The molecule has 0 atom stereocenters. The molecule has 0 unspecified atom stereocenters. The molecule has 0 rings (SSSR count). The molecule has 0 aliphatic carbocycles. The van der Waals surface area contributed by atoms with Gasteiger partial charge in [0.05, 0.1) is 6.54 Å². The third kappa shape index (κ3) is 11.6. The number of halogens is 3. The third-order valence-electron chi connectivity index (χ3n) is 0.680. The summed E-state index contributed by atoms with van der Waals surface area (Å²) in [7, 11) is 0. The van der Waals surface area contributed by atoms with Crippen molar-refractivity contribution >= 4 is 12.4 Å². The largest absolute Gasteiger partial charge is 0.309 e. The molecule has 0 saturated heterocycles. The average Bonchev–Trinajstić information content (AvgIpc) is 1.61. The van der Waals surface area contributed by atoms with E-state index in [0.717, 1.165) is 0 Å². The highest BCUT2D eigenvalue weighted by molar-refractivity contribution is 5.85. The monoisotopic (exact) mass is 159 g/mol. The molecular weight excluding hydrogens is 148 g/mol. The zero-order chi connectivity index (χ0) is 6.57. The van der Waals surface area contributed by atoms with Crippen molar-refractivity contribution in [3.05, 3.63) is 0 Å². The molecule has 4 heteroatoms. The quantitative estimate of drug-likeness (QED) is 0.661. The van der Waals surface area contributed by atoms with E-state index >= 15 is 0 Å². The molecule has 0 aromatic carbocycles. The van der Waals surface area contributed by atoms with Crippen LogP contribution in [0.25, 0.3) is 0 Å². The second-order valence-electron chi connectivity index (χ2n) is 1.95. The molecule has 0 aliphatic heterocycles. The van der Waals surface area contributed by atoms with Crippen molar-refractivity contribution in [2.24, 2.45) is 0 Å². The normalized spacial score (nSPS) is 10.0. The number of alkyl halides is 2. The van der Waals surface area contributed by atoms with Crippen LogP contribution in [-0.2, 0) is 0 Å². The van der Waals surface area contributed by atoms with Crippen LogP contribution in [0.2, 0.25) is 0 Å². The summed E-state index contributed by atoms with van der Waals surface area (Å²) in [6, 6.07) is 0.156. The number of hydrogen-bond donors (Lipinski definition) is 1. The molecule has 0 fully saturated rings. The van der Waals surface area contributed by atoms with Gasteiger partial charge in [0.2, 0.25) is 0 Å². The van der Waals surface area contributed by atoms with Crippen LogP contribution in [0.1, 0.15) is 13.8 Å². The van der Waals surface area contributed by atoms with E-state index in [2.05, 4.69) is 5.32 Å². The molecule has 0 radical (unpaired) electrons. The Morgan fingerprint density at radius 2 is 1.78 bits per heavy atom. The van der Waals surface area contributed by atoms with Gasteiger partial charge in [-0.15, -0.1) is 12.4 Å². The topological polar surface area (TPSA) is 12.0 Å². The molecule has 0 aromatic rings. The third-order valence-corrected chi connectivity index (χ3v) is 0.680. The summed E-state index contributed by atoms with van der Waals surface area (Å²) in [4.78, 5) is 0. The average molecular weight is 160 g/mol. The van der Waals surface area contributed by atoms with E-state index < -0.39 is 6.43 Å². The fourth-order valence-electron chi connectivity index (χ4n) is 0.325. The Labute approximate surface area is 60.2 Å². The molecule has 0 bridgehead atoms. The standard InChI is InChI=1S/C5H11F2N.ClH/c1-4(2)8-3-5(6)7;/h4-5,8H,3H2,1-2H3;1H. The van der Waals surface area contributed by atoms with E-state index in [1.807, 2.05) is 13.8 Å². The van der Waals surface area contributed by atoms with Gasteiger partial charge in [-0.25, -0.2) is 8.78 Å². The van der Waals surface area contributed by atoms with Gasteiger partial charge in [-0.2, -0.15) is 0 Å². The van der Waals surface area contributed by atoms with Crippen LogP contribution in [0.3, 0.4) is 0 Å². The van der Waals surface area contributed by atoms with Crippen molar-refractivity contribution < 1.29 is 8.78 Å². The van der Waals surface area contributed by atoms with E-state index in [4.69, 9.17) is 0 Å². The Kier molecular flexibility index (Phi) is 8.21. The SMILES string of the molecule is CC(C)NCC(F)F.Cl. The van der Waals surface area contributed by atoms with Crippen molar-refractivity contribution in [2.45, 2.75) is 26.3 Å². The molecule has 0 heterocycles. The van der Waals surface area contributed by atoms with E-state index in [0.29, 0.717) is 0 Å². The van der Waals surface area contributed by atoms with Crippen molar-refractivity contribution in [1.82, 2.24) is 5.32 Å². The minimum atomic E-state index is -2.22. The summed E-state index contributed by atoms with van der Waals surface area (Å²) >= 11 is 0. The maximum Gasteiger partial charge on any atom is 0.250 e. The van der Waals surface area contributed by atoms with Gasteiger partial charge in [0.25, 0.3) is 6.43 Å². The summed E-state index contributed by atoms with van der Waals surface area (Å²) < 4.78 is 22.7. The first-order valence-electron chi connectivity index (χ1n) is 2.64. The lowest BCUT2D eigenvalue weighted by Crippen LogP contribution is -2.27. The molecule has 9 heavy (non-hydrogen) atoms. The highest BCUT2D eigenvalue weighted by Crippen LogP contribution is 1.88. The highest BCUT2D eigenvalue weighted by atomic mass is 35.5. The zero-order valence-corrected chi connectivity index (χ0v) is 6.34. The van der Waals surface area contributed by atoms with E-state index in [1.165, 1.54) is 0 Å². The molecule has 0 spiro atoms. The Morgan fingerprint density at radius 1 is 1.33 bits per heavy atom. The fraction of sp³-hybridized carbons (Fsp3) is 1.00. The lowest BCUT2D eigenvalue weighted by Gasteiger charge is -2.05. The van der Waals surface area contributed by atoms with E-state index in [1.54, 1.807) is 0 Å². The minimum absolute atomic E-state index is 0. The molecule has 1 nitrogen and oxygen atoms in total. The van der Waals surface area contributed by atoms with Gasteiger partial charge in [-0.1, -0.05) is 13.8 Å². The molecule has 0 aliphatic rings. The molecule has 1 N–H and O–H groups in total. The van der Waals surface area contributed by atoms with Crippen LogP contribution >= 0.6 is 12.4 Å². The Morgan fingerprint density at radius 3 is 1.89 bits per heavy atom. The van der Waals surface area contributed by atoms with Crippen LogP contribution in [0.4, 0.5) is 8.78 Å². The van der Waals surface area contributed by atoms with Gasteiger partial charge in [0.1, 0.15) is 0 Å². The Balaban J connectivity index is 0. The predicted molar refractivity (Wildman–Crippen MR) is 36.4 cm³/mol. The minimum Gasteiger partial charge on any atom is -0.309 e. The van der Waals surface area contributed by atoms with Crippen LogP contribution in [0.5, 0.6) is 0 Å². The summed E-state index contributed by atoms with van der Waals surface area (Å²) in [5.41, 5.74) is 0. The highest BCUT2D eigenvalue weighted by Gasteiger charge is 2.00. The summed E-state index contributed by atoms with van der Waals surface area (Å²) in [6.07, 6.45) is -2.22. The maximum atomic E-state index is 11.3. The smallest absolute Gasteiger partial charge is 0.250 e. The first kappa shape index (κ1) is 11.9. The van der Waals surface area contributed by atoms with Crippen LogP contribution < -0.4 is 5.32 Å². The number of nitrogens with one attached hydrogen (secondary N) is 1. The number of hydrogen-bond acceptors (Lipinski definition) is 1. The second-order valence-corrected chi connectivity index (χ2v) is 1.95. The Bertz CT molecular complexity index is 50.9. The van der Waals surface area contributed by atoms with Gasteiger partial charge < -0.3 is 5.32 Å². The zero-order valence-electron chi connectivity index (χ0n) is 5.53. The van der Waals surface area contributed by atoms with Crippen molar-refractivity contribution in [2.75, 3.05) is 6.54 Å². The number of rotatable bonds is 3. The van der Waals surface area contributed by atoms with Crippen LogP contribution in [0, 0.1) is 0 Å².